The summed E-state index contributed by atoms with van der Waals surface area (Å²) >= 11 is 0. The molecule has 1 N–H and O–H groups in total. The van der Waals surface area contributed by atoms with Crippen LogP contribution in [0.4, 0.5) is 5.82 Å². The molecule has 0 bridgehead atoms. The molecule has 2 aliphatic rings. The molecule has 2 fully saturated rings. The molecule has 0 amide bonds. The number of nitrogens with zero attached hydrogens (tertiary/aromatic N) is 3. The molecule has 0 aliphatic carbocycles. The molecule has 3 atom stereocenters. The van der Waals surface area contributed by atoms with Crippen LogP contribution in [0.2, 0.25) is 0 Å². The third-order valence-corrected chi connectivity index (χ3v) is 4.80. The molecule has 0 saturated carbocycles. The van der Waals surface area contributed by atoms with E-state index in [1.165, 1.54) is 0 Å². The first kappa shape index (κ1) is 15.5. The molecule has 2 aliphatic heterocycles. The molecule has 3 rings (SSSR count). The lowest BCUT2D eigenvalue weighted by atomic mass is 9.79. The summed E-state index contributed by atoms with van der Waals surface area (Å²) in [6.45, 7) is 6.61. The summed E-state index contributed by atoms with van der Waals surface area (Å²) in [4.78, 5) is 11.1. The van der Waals surface area contributed by atoms with Gasteiger partial charge in [0.15, 0.2) is 5.82 Å². The highest BCUT2D eigenvalue weighted by Crippen LogP contribution is 2.37. The number of anilines is 1. The van der Waals surface area contributed by atoms with Gasteiger partial charge in [-0.25, -0.2) is 0 Å². The molecule has 0 radical (unpaired) electrons. The molecule has 3 heterocycles. The zero-order valence-electron chi connectivity index (χ0n) is 13.4. The second-order valence-corrected chi connectivity index (χ2v) is 6.34. The third kappa shape index (κ3) is 3.03. The van der Waals surface area contributed by atoms with Gasteiger partial charge in [-0.3, -0.25) is 4.98 Å². The Morgan fingerprint density at radius 3 is 3.14 bits per heavy atom. The minimum Gasteiger partial charge on any atom is -0.477 e. The van der Waals surface area contributed by atoms with Crippen LogP contribution < -0.4 is 9.64 Å². The lowest BCUT2D eigenvalue weighted by molar-refractivity contribution is -0.108. The van der Waals surface area contributed by atoms with Gasteiger partial charge in [0.05, 0.1) is 31.2 Å². The fraction of sp³-hybridized carbons (Fsp3) is 0.750. The standard InChI is InChI=1S/C16H25N3O3/c1-3-22-15-10-17-9-14(18-15)19-7-4-5-13(19)12-11-21-8-6-16(12,2)20/h9-10,12-13,20H,3-8,11H2,1-2H3. The Labute approximate surface area is 131 Å². The summed E-state index contributed by atoms with van der Waals surface area (Å²) in [7, 11) is 0. The van der Waals surface area contributed by atoms with Crippen LogP contribution in [0.25, 0.3) is 0 Å². The maximum atomic E-state index is 10.7. The fourth-order valence-electron chi connectivity index (χ4n) is 3.57. The van der Waals surface area contributed by atoms with Crippen molar-refractivity contribution in [2.45, 2.75) is 44.8 Å². The Hall–Kier alpha value is -1.40. The first-order valence-corrected chi connectivity index (χ1v) is 8.13. The smallest absolute Gasteiger partial charge is 0.234 e. The largest absolute Gasteiger partial charge is 0.477 e. The van der Waals surface area contributed by atoms with Crippen molar-refractivity contribution in [3.8, 4) is 5.88 Å². The maximum absolute atomic E-state index is 10.7. The van der Waals surface area contributed by atoms with Crippen molar-refractivity contribution in [2.24, 2.45) is 5.92 Å². The summed E-state index contributed by atoms with van der Waals surface area (Å²) in [5, 5.41) is 10.7. The summed E-state index contributed by atoms with van der Waals surface area (Å²) in [6, 6.07) is 0.237. The van der Waals surface area contributed by atoms with Crippen LogP contribution >= 0.6 is 0 Å². The Balaban J connectivity index is 1.82. The topological polar surface area (TPSA) is 67.7 Å². The summed E-state index contributed by atoms with van der Waals surface area (Å²) in [6.07, 6.45) is 6.24. The van der Waals surface area contributed by atoms with Gasteiger partial charge < -0.3 is 19.5 Å². The van der Waals surface area contributed by atoms with Crippen LogP contribution in [0.1, 0.15) is 33.1 Å². The Bertz CT molecular complexity index is 509. The van der Waals surface area contributed by atoms with Gasteiger partial charge in [-0.2, -0.15) is 4.98 Å². The second kappa shape index (κ2) is 6.38. The van der Waals surface area contributed by atoms with Gasteiger partial charge in [0.2, 0.25) is 5.88 Å². The van der Waals surface area contributed by atoms with Crippen LogP contribution in [-0.4, -0.2) is 53.1 Å². The van der Waals surface area contributed by atoms with Crippen molar-refractivity contribution >= 4 is 5.82 Å². The zero-order chi connectivity index (χ0) is 15.6. The van der Waals surface area contributed by atoms with E-state index in [-0.39, 0.29) is 12.0 Å². The summed E-state index contributed by atoms with van der Waals surface area (Å²) in [5.74, 6) is 1.48. The van der Waals surface area contributed by atoms with Crippen molar-refractivity contribution in [1.29, 1.82) is 0 Å². The van der Waals surface area contributed by atoms with E-state index in [9.17, 15) is 5.11 Å². The lowest BCUT2D eigenvalue weighted by Crippen LogP contribution is -2.52. The number of hydrogen-bond acceptors (Lipinski definition) is 6. The number of aromatic nitrogens is 2. The third-order valence-electron chi connectivity index (χ3n) is 4.80. The zero-order valence-corrected chi connectivity index (χ0v) is 13.4. The van der Waals surface area contributed by atoms with E-state index < -0.39 is 5.60 Å². The average Bonchev–Trinajstić information content (AvgIpc) is 2.96. The summed E-state index contributed by atoms with van der Waals surface area (Å²) in [5.41, 5.74) is -0.684. The predicted octanol–water partition coefficient (Wildman–Crippen LogP) is 1.63. The summed E-state index contributed by atoms with van der Waals surface area (Å²) < 4.78 is 11.1. The van der Waals surface area contributed by atoms with E-state index in [4.69, 9.17) is 9.47 Å². The molecule has 122 valence electrons. The number of ether oxygens (including phenoxy) is 2. The highest BCUT2D eigenvalue weighted by molar-refractivity contribution is 5.41. The lowest BCUT2D eigenvalue weighted by Gasteiger charge is -2.43. The van der Waals surface area contributed by atoms with Crippen LogP contribution in [0.3, 0.4) is 0 Å². The molecule has 6 heteroatoms. The number of aliphatic hydroxyl groups is 1. The van der Waals surface area contributed by atoms with E-state index in [0.29, 0.717) is 32.1 Å². The van der Waals surface area contributed by atoms with Gasteiger partial charge in [0.25, 0.3) is 0 Å². The predicted molar refractivity (Wildman–Crippen MR) is 83.1 cm³/mol. The van der Waals surface area contributed by atoms with Crippen molar-refractivity contribution in [3.05, 3.63) is 12.4 Å². The highest BCUT2D eigenvalue weighted by Gasteiger charge is 2.44. The second-order valence-electron chi connectivity index (χ2n) is 6.34. The van der Waals surface area contributed by atoms with Gasteiger partial charge in [-0.05, 0) is 33.1 Å². The molecule has 1 aromatic rings. The monoisotopic (exact) mass is 307 g/mol. The molecular formula is C16H25N3O3. The minimum absolute atomic E-state index is 0.0984. The van der Waals surface area contributed by atoms with E-state index in [1.54, 1.807) is 12.4 Å². The van der Waals surface area contributed by atoms with Crippen LogP contribution in [0, 0.1) is 5.92 Å². The van der Waals surface area contributed by atoms with Gasteiger partial charge in [-0.15, -0.1) is 0 Å². The first-order valence-electron chi connectivity index (χ1n) is 8.13. The van der Waals surface area contributed by atoms with E-state index in [2.05, 4.69) is 14.9 Å². The van der Waals surface area contributed by atoms with Crippen LogP contribution in [-0.2, 0) is 4.74 Å². The highest BCUT2D eigenvalue weighted by atomic mass is 16.5. The van der Waals surface area contributed by atoms with Gasteiger partial charge >= 0.3 is 0 Å². The van der Waals surface area contributed by atoms with Crippen LogP contribution in [0.5, 0.6) is 5.88 Å². The molecular weight excluding hydrogens is 282 g/mol. The average molecular weight is 307 g/mol. The molecule has 1 aromatic heterocycles. The maximum Gasteiger partial charge on any atom is 0.234 e. The normalized spacial score (nSPS) is 32.2. The molecule has 3 unspecified atom stereocenters. The SMILES string of the molecule is CCOc1cncc(N2CCCC2C2COCCC2(C)O)n1. The van der Waals surface area contributed by atoms with E-state index in [0.717, 1.165) is 25.2 Å². The molecule has 2 saturated heterocycles. The Morgan fingerprint density at radius 2 is 2.36 bits per heavy atom. The fourth-order valence-corrected chi connectivity index (χ4v) is 3.57. The van der Waals surface area contributed by atoms with Gasteiger partial charge in [-0.1, -0.05) is 0 Å². The van der Waals surface area contributed by atoms with Gasteiger partial charge in [0, 0.05) is 25.1 Å². The van der Waals surface area contributed by atoms with Crippen LogP contribution in [0.15, 0.2) is 12.4 Å². The molecule has 6 nitrogen and oxygen atoms in total. The van der Waals surface area contributed by atoms with E-state index in [1.807, 2.05) is 13.8 Å². The van der Waals surface area contributed by atoms with Crippen molar-refractivity contribution in [1.82, 2.24) is 9.97 Å². The molecule has 22 heavy (non-hydrogen) atoms. The van der Waals surface area contributed by atoms with Crippen molar-refractivity contribution < 1.29 is 14.6 Å². The Kier molecular flexibility index (Phi) is 4.49. The number of hydrogen-bond donors (Lipinski definition) is 1. The molecule has 0 aromatic carbocycles. The number of rotatable bonds is 4. The van der Waals surface area contributed by atoms with E-state index >= 15 is 0 Å². The first-order chi connectivity index (χ1) is 10.6. The van der Waals surface area contributed by atoms with Crippen molar-refractivity contribution in [3.63, 3.8) is 0 Å². The molecule has 0 spiro atoms. The quantitative estimate of drug-likeness (QED) is 0.912. The minimum atomic E-state index is -0.684. The Morgan fingerprint density at radius 1 is 1.50 bits per heavy atom. The van der Waals surface area contributed by atoms with Crippen molar-refractivity contribution in [2.75, 3.05) is 31.3 Å². The van der Waals surface area contributed by atoms with Gasteiger partial charge in [0.1, 0.15) is 0 Å².